The SMILES string of the molecule is CCS(=O)(=O)c1ccc2nc(Nc3ccc(O)cc3)ncc2c1. The first-order valence-corrected chi connectivity index (χ1v) is 8.69. The van der Waals surface area contributed by atoms with Crippen molar-refractivity contribution in [2.75, 3.05) is 11.1 Å². The molecule has 2 aromatic carbocycles. The first kappa shape index (κ1) is 15.2. The number of phenols is 1. The Morgan fingerprint density at radius 1 is 1.13 bits per heavy atom. The maximum atomic E-state index is 11.9. The van der Waals surface area contributed by atoms with Crippen LogP contribution in [0.25, 0.3) is 10.9 Å². The fourth-order valence-electron chi connectivity index (χ4n) is 2.11. The second-order valence-corrected chi connectivity index (χ2v) is 7.27. The van der Waals surface area contributed by atoms with Gasteiger partial charge in [-0.15, -0.1) is 0 Å². The number of sulfone groups is 1. The van der Waals surface area contributed by atoms with Gasteiger partial charge in [-0.1, -0.05) is 6.92 Å². The Kier molecular flexibility index (Phi) is 3.87. The molecule has 118 valence electrons. The molecule has 1 aromatic heterocycles. The van der Waals surface area contributed by atoms with E-state index in [1.807, 2.05) is 0 Å². The molecule has 0 saturated carbocycles. The van der Waals surface area contributed by atoms with Gasteiger partial charge in [0.2, 0.25) is 5.95 Å². The fraction of sp³-hybridized carbons (Fsp3) is 0.125. The van der Waals surface area contributed by atoms with Gasteiger partial charge in [-0.25, -0.2) is 18.4 Å². The Morgan fingerprint density at radius 2 is 1.87 bits per heavy atom. The number of aromatic nitrogens is 2. The van der Waals surface area contributed by atoms with E-state index in [0.29, 0.717) is 16.9 Å². The maximum absolute atomic E-state index is 11.9. The van der Waals surface area contributed by atoms with Crippen LogP contribution in [-0.2, 0) is 9.84 Å². The Hall–Kier alpha value is -2.67. The number of phenolic OH excluding ortho intramolecular Hbond substituents is 1. The zero-order valence-corrected chi connectivity index (χ0v) is 13.2. The van der Waals surface area contributed by atoms with E-state index in [1.165, 1.54) is 0 Å². The summed E-state index contributed by atoms with van der Waals surface area (Å²) in [5, 5.41) is 13.0. The van der Waals surface area contributed by atoms with Crippen molar-refractivity contribution in [3.63, 3.8) is 0 Å². The molecular formula is C16H15N3O3S. The van der Waals surface area contributed by atoms with E-state index in [9.17, 15) is 13.5 Å². The molecule has 6 nitrogen and oxygen atoms in total. The quantitative estimate of drug-likeness (QED) is 0.715. The number of fused-ring (bicyclic) bond motifs is 1. The number of hydrogen-bond donors (Lipinski definition) is 2. The van der Waals surface area contributed by atoms with E-state index in [0.717, 1.165) is 5.69 Å². The molecule has 7 heteroatoms. The van der Waals surface area contributed by atoms with Crippen molar-refractivity contribution in [1.82, 2.24) is 9.97 Å². The lowest BCUT2D eigenvalue weighted by Crippen LogP contribution is -2.04. The van der Waals surface area contributed by atoms with Crippen LogP contribution in [0.1, 0.15) is 6.92 Å². The molecule has 0 amide bonds. The average Bonchev–Trinajstić information content (AvgIpc) is 2.56. The van der Waals surface area contributed by atoms with Crippen molar-refractivity contribution < 1.29 is 13.5 Å². The van der Waals surface area contributed by atoms with Crippen molar-refractivity contribution in [1.29, 1.82) is 0 Å². The summed E-state index contributed by atoms with van der Waals surface area (Å²) >= 11 is 0. The number of rotatable bonds is 4. The number of aromatic hydroxyl groups is 1. The highest BCUT2D eigenvalue weighted by Crippen LogP contribution is 2.21. The Bertz CT molecular complexity index is 954. The summed E-state index contributed by atoms with van der Waals surface area (Å²) < 4.78 is 23.8. The zero-order chi connectivity index (χ0) is 16.4. The minimum Gasteiger partial charge on any atom is -0.508 e. The van der Waals surface area contributed by atoms with E-state index < -0.39 is 9.84 Å². The van der Waals surface area contributed by atoms with Gasteiger partial charge in [-0.3, -0.25) is 0 Å². The summed E-state index contributed by atoms with van der Waals surface area (Å²) in [6, 6.07) is 11.3. The molecule has 1 heterocycles. The van der Waals surface area contributed by atoms with Gasteiger partial charge in [0.25, 0.3) is 0 Å². The summed E-state index contributed by atoms with van der Waals surface area (Å²) in [5.41, 5.74) is 1.39. The molecule has 0 aliphatic rings. The van der Waals surface area contributed by atoms with Gasteiger partial charge in [-0.05, 0) is 42.5 Å². The van der Waals surface area contributed by atoms with Gasteiger partial charge in [-0.2, -0.15) is 0 Å². The van der Waals surface area contributed by atoms with Gasteiger partial charge < -0.3 is 10.4 Å². The van der Waals surface area contributed by atoms with E-state index in [-0.39, 0.29) is 16.4 Å². The summed E-state index contributed by atoms with van der Waals surface area (Å²) in [6.07, 6.45) is 1.58. The standard InChI is InChI=1S/C16H15N3O3S/c1-2-23(21,22)14-7-8-15-11(9-14)10-17-16(19-15)18-12-3-5-13(20)6-4-12/h3-10,20H,2H2,1H3,(H,17,18,19). The molecule has 0 aliphatic heterocycles. The highest BCUT2D eigenvalue weighted by Gasteiger charge is 2.12. The monoisotopic (exact) mass is 329 g/mol. The number of nitrogens with one attached hydrogen (secondary N) is 1. The van der Waals surface area contributed by atoms with Crippen LogP contribution < -0.4 is 5.32 Å². The van der Waals surface area contributed by atoms with Crippen molar-refractivity contribution in [3.8, 4) is 5.75 Å². The minimum atomic E-state index is -3.25. The average molecular weight is 329 g/mol. The van der Waals surface area contributed by atoms with Crippen LogP contribution in [0.15, 0.2) is 53.6 Å². The molecule has 0 aliphatic carbocycles. The lowest BCUT2D eigenvalue weighted by Gasteiger charge is -2.07. The molecule has 3 aromatic rings. The van der Waals surface area contributed by atoms with E-state index >= 15 is 0 Å². The van der Waals surface area contributed by atoms with Crippen LogP contribution in [0.2, 0.25) is 0 Å². The van der Waals surface area contributed by atoms with Gasteiger partial charge in [0, 0.05) is 17.3 Å². The van der Waals surface area contributed by atoms with Crippen LogP contribution in [0.3, 0.4) is 0 Å². The molecule has 0 unspecified atom stereocenters. The largest absolute Gasteiger partial charge is 0.508 e. The molecule has 0 bridgehead atoms. The fourth-order valence-corrected chi connectivity index (χ4v) is 3.02. The maximum Gasteiger partial charge on any atom is 0.227 e. The molecule has 0 fully saturated rings. The highest BCUT2D eigenvalue weighted by molar-refractivity contribution is 7.91. The van der Waals surface area contributed by atoms with E-state index in [1.54, 1.807) is 55.6 Å². The van der Waals surface area contributed by atoms with Crippen molar-refractivity contribution in [2.24, 2.45) is 0 Å². The second kappa shape index (κ2) is 5.85. The lowest BCUT2D eigenvalue weighted by molar-refractivity contribution is 0.475. The van der Waals surface area contributed by atoms with Gasteiger partial charge in [0.1, 0.15) is 5.75 Å². The highest BCUT2D eigenvalue weighted by atomic mass is 32.2. The van der Waals surface area contributed by atoms with Crippen molar-refractivity contribution >= 4 is 32.4 Å². The summed E-state index contributed by atoms with van der Waals surface area (Å²) in [5.74, 6) is 0.633. The number of anilines is 2. The topological polar surface area (TPSA) is 92.2 Å². The third-order valence-corrected chi connectivity index (χ3v) is 5.15. The third-order valence-electron chi connectivity index (χ3n) is 3.41. The van der Waals surface area contributed by atoms with Gasteiger partial charge in [0.15, 0.2) is 9.84 Å². The second-order valence-electron chi connectivity index (χ2n) is 4.99. The Labute approximate surface area is 133 Å². The molecule has 3 rings (SSSR count). The Morgan fingerprint density at radius 3 is 2.57 bits per heavy atom. The van der Waals surface area contributed by atoms with Crippen LogP contribution >= 0.6 is 0 Å². The van der Waals surface area contributed by atoms with Gasteiger partial charge in [0.05, 0.1) is 16.2 Å². The smallest absolute Gasteiger partial charge is 0.227 e. The van der Waals surface area contributed by atoms with Crippen LogP contribution in [-0.4, -0.2) is 29.2 Å². The summed E-state index contributed by atoms with van der Waals surface area (Å²) in [6.45, 7) is 1.61. The Balaban J connectivity index is 1.93. The van der Waals surface area contributed by atoms with Crippen molar-refractivity contribution in [3.05, 3.63) is 48.7 Å². The van der Waals surface area contributed by atoms with E-state index in [2.05, 4.69) is 15.3 Å². The minimum absolute atomic E-state index is 0.0554. The molecule has 2 N–H and O–H groups in total. The predicted molar refractivity (Wildman–Crippen MR) is 88.7 cm³/mol. The summed E-state index contributed by atoms with van der Waals surface area (Å²) in [7, 11) is -3.25. The first-order valence-electron chi connectivity index (χ1n) is 7.03. The molecule has 0 saturated heterocycles. The normalized spacial score (nSPS) is 11.5. The third kappa shape index (κ3) is 3.24. The van der Waals surface area contributed by atoms with Crippen LogP contribution in [0.4, 0.5) is 11.6 Å². The predicted octanol–water partition coefficient (Wildman–Crippen LogP) is 2.87. The molecule has 0 atom stereocenters. The summed E-state index contributed by atoms with van der Waals surface area (Å²) in [4.78, 5) is 8.83. The van der Waals surface area contributed by atoms with Gasteiger partial charge >= 0.3 is 0 Å². The van der Waals surface area contributed by atoms with Crippen molar-refractivity contribution in [2.45, 2.75) is 11.8 Å². The molecule has 0 radical (unpaired) electrons. The number of hydrogen-bond acceptors (Lipinski definition) is 6. The number of nitrogens with zero attached hydrogens (tertiary/aromatic N) is 2. The molecular weight excluding hydrogens is 314 g/mol. The first-order chi connectivity index (χ1) is 11.0. The number of benzene rings is 2. The zero-order valence-electron chi connectivity index (χ0n) is 12.4. The lowest BCUT2D eigenvalue weighted by atomic mass is 10.2. The molecule has 23 heavy (non-hydrogen) atoms. The van der Waals surface area contributed by atoms with Crippen LogP contribution in [0, 0.1) is 0 Å². The van der Waals surface area contributed by atoms with Crippen LogP contribution in [0.5, 0.6) is 5.75 Å². The van der Waals surface area contributed by atoms with E-state index in [4.69, 9.17) is 0 Å². The molecule has 0 spiro atoms.